The fraction of sp³-hybridized carbons (Fsp3) is 0.250. The molecule has 0 atom stereocenters. The number of aromatic nitrogens is 1. The number of aryl methyl sites for hydroxylation is 3. The second kappa shape index (κ2) is 9.77. The second-order valence-corrected chi connectivity index (χ2v) is 9.46. The van der Waals surface area contributed by atoms with Gasteiger partial charge in [0.1, 0.15) is 11.5 Å². The number of hydrogen-bond donors (Lipinski definition) is 1. The van der Waals surface area contributed by atoms with Crippen LogP contribution < -0.4 is 14.8 Å². The zero-order valence-corrected chi connectivity index (χ0v) is 20.3. The van der Waals surface area contributed by atoms with Gasteiger partial charge in [0.25, 0.3) is 0 Å². The zero-order chi connectivity index (χ0) is 23.5. The molecule has 0 saturated heterocycles. The summed E-state index contributed by atoms with van der Waals surface area (Å²) >= 11 is 1.66. The van der Waals surface area contributed by atoms with Gasteiger partial charge in [-0.3, -0.25) is 4.79 Å². The highest BCUT2D eigenvalue weighted by Crippen LogP contribution is 2.39. The molecule has 1 N–H and O–H groups in total. The lowest BCUT2D eigenvalue weighted by atomic mass is 9.90. The van der Waals surface area contributed by atoms with Crippen molar-refractivity contribution in [3.63, 3.8) is 0 Å². The number of fused-ring (bicyclic) bond motifs is 3. The normalized spacial score (nSPS) is 12.1. The highest BCUT2D eigenvalue weighted by Gasteiger charge is 2.24. The molecule has 5 nitrogen and oxygen atoms in total. The molecule has 0 spiro atoms. The molecular weight excluding hydrogens is 444 g/mol. The van der Waals surface area contributed by atoms with Crippen LogP contribution in [0.1, 0.15) is 28.1 Å². The molecule has 1 aliphatic carbocycles. The number of hydrogen-bond acceptors (Lipinski definition) is 4. The van der Waals surface area contributed by atoms with E-state index in [4.69, 9.17) is 9.47 Å². The van der Waals surface area contributed by atoms with E-state index in [1.807, 2.05) is 35.7 Å². The summed E-state index contributed by atoms with van der Waals surface area (Å²) in [7, 11) is 3.33. The summed E-state index contributed by atoms with van der Waals surface area (Å²) in [4.78, 5) is 13.8. The molecule has 2 heterocycles. The maximum atomic E-state index is 12.6. The molecule has 2 aromatic carbocycles. The lowest BCUT2D eigenvalue weighted by Crippen LogP contribution is -2.22. The van der Waals surface area contributed by atoms with E-state index in [-0.39, 0.29) is 5.91 Å². The Morgan fingerprint density at radius 1 is 0.971 bits per heavy atom. The van der Waals surface area contributed by atoms with Crippen LogP contribution in [0.3, 0.4) is 0 Å². The highest BCUT2D eigenvalue weighted by atomic mass is 32.1. The highest BCUT2D eigenvalue weighted by molar-refractivity contribution is 7.09. The minimum atomic E-state index is 0.0581. The van der Waals surface area contributed by atoms with Crippen molar-refractivity contribution in [2.75, 3.05) is 14.2 Å². The van der Waals surface area contributed by atoms with Crippen molar-refractivity contribution in [2.45, 2.75) is 32.2 Å². The van der Waals surface area contributed by atoms with Crippen molar-refractivity contribution in [1.82, 2.24) is 9.88 Å². The van der Waals surface area contributed by atoms with Crippen molar-refractivity contribution in [3.8, 4) is 28.4 Å². The summed E-state index contributed by atoms with van der Waals surface area (Å²) in [5, 5.41) is 5.08. The Bertz CT molecular complexity index is 1290. The molecule has 174 valence electrons. The minimum absolute atomic E-state index is 0.0581. The summed E-state index contributed by atoms with van der Waals surface area (Å²) in [6.07, 6.45) is 3.08. The smallest absolute Gasteiger partial charge is 0.220 e. The molecule has 0 aliphatic heterocycles. The molecule has 2 aromatic heterocycles. The molecule has 34 heavy (non-hydrogen) atoms. The van der Waals surface area contributed by atoms with Gasteiger partial charge in [-0.05, 0) is 47.9 Å². The first-order chi connectivity index (χ1) is 16.7. The van der Waals surface area contributed by atoms with E-state index in [2.05, 4.69) is 40.2 Å². The third kappa shape index (κ3) is 4.46. The van der Waals surface area contributed by atoms with E-state index >= 15 is 0 Å². The maximum Gasteiger partial charge on any atom is 0.220 e. The van der Waals surface area contributed by atoms with Gasteiger partial charge >= 0.3 is 0 Å². The monoisotopic (exact) mass is 472 g/mol. The third-order valence-electron chi connectivity index (χ3n) is 6.33. The summed E-state index contributed by atoms with van der Waals surface area (Å²) in [5.41, 5.74) is 7.20. The van der Waals surface area contributed by atoms with Gasteiger partial charge < -0.3 is 19.4 Å². The number of carbonyl (C=O) groups is 1. The lowest BCUT2D eigenvalue weighted by molar-refractivity contribution is -0.121. The summed E-state index contributed by atoms with van der Waals surface area (Å²) < 4.78 is 13.4. The second-order valence-electron chi connectivity index (χ2n) is 8.43. The number of nitrogens with one attached hydrogen (secondary N) is 1. The number of methoxy groups -OCH3 is 2. The zero-order valence-electron chi connectivity index (χ0n) is 19.5. The number of thiophene rings is 1. The van der Waals surface area contributed by atoms with Crippen LogP contribution in [0, 0.1) is 0 Å². The van der Waals surface area contributed by atoms with E-state index in [0.717, 1.165) is 40.6 Å². The van der Waals surface area contributed by atoms with Crippen LogP contribution in [0.25, 0.3) is 16.9 Å². The Kier molecular flexibility index (Phi) is 6.41. The number of carbonyl (C=O) groups excluding carboxylic acids is 1. The van der Waals surface area contributed by atoms with E-state index < -0.39 is 0 Å². The Labute approximate surface area is 204 Å². The number of rotatable bonds is 8. The molecule has 4 aromatic rings. The van der Waals surface area contributed by atoms with Gasteiger partial charge in [-0.2, -0.15) is 0 Å². The number of ether oxygens (including phenoxy) is 2. The van der Waals surface area contributed by atoms with Crippen LogP contribution in [-0.4, -0.2) is 24.7 Å². The van der Waals surface area contributed by atoms with E-state index in [1.54, 1.807) is 25.6 Å². The van der Waals surface area contributed by atoms with Gasteiger partial charge in [0.2, 0.25) is 5.91 Å². The molecule has 5 rings (SSSR count). The third-order valence-corrected chi connectivity index (χ3v) is 7.21. The van der Waals surface area contributed by atoms with Gasteiger partial charge in [0, 0.05) is 40.8 Å². The predicted octanol–water partition coefficient (Wildman–Crippen LogP) is 5.57. The van der Waals surface area contributed by atoms with Crippen LogP contribution in [0.2, 0.25) is 0 Å². The number of benzene rings is 2. The van der Waals surface area contributed by atoms with Crippen LogP contribution in [-0.2, 0) is 30.6 Å². The van der Waals surface area contributed by atoms with Crippen LogP contribution in [0.4, 0.5) is 0 Å². The molecule has 0 unspecified atom stereocenters. The van der Waals surface area contributed by atoms with Gasteiger partial charge in [0.05, 0.1) is 32.1 Å². The largest absolute Gasteiger partial charge is 0.497 e. The molecule has 6 heteroatoms. The maximum absolute atomic E-state index is 12.6. The SMILES string of the molecule is COc1cc(OC)cc(-n2c(CCC(=O)NCc3cccs3)cc3c2-c2ccccc2CC3)c1. The lowest BCUT2D eigenvalue weighted by Gasteiger charge is -2.21. The quantitative estimate of drug-likeness (QED) is 0.365. The van der Waals surface area contributed by atoms with Gasteiger partial charge in [-0.25, -0.2) is 0 Å². The Morgan fingerprint density at radius 3 is 2.47 bits per heavy atom. The standard InChI is InChI=1S/C28H28N2O3S/c1-32-23-15-22(16-24(17-23)33-2)30-21(11-12-27(31)29-18-25-7-5-13-34-25)14-20-10-9-19-6-3-4-8-26(19)28(20)30/h3-8,13-17H,9-12,18H2,1-2H3,(H,29,31). The average molecular weight is 473 g/mol. The van der Waals surface area contributed by atoms with Crippen molar-refractivity contribution >= 4 is 17.2 Å². The van der Waals surface area contributed by atoms with E-state index in [9.17, 15) is 4.79 Å². The Morgan fingerprint density at radius 2 is 1.74 bits per heavy atom. The fourth-order valence-corrected chi connectivity index (χ4v) is 5.32. The Balaban J connectivity index is 1.51. The predicted molar refractivity (Wildman–Crippen MR) is 136 cm³/mol. The summed E-state index contributed by atoms with van der Waals surface area (Å²) in [5.74, 6) is 1.53. The molecule has 0 saturated carbocycles. The molecule has 1 aliphatic rings. The summed E-state index contributed by atoms with van der Waals surface area (Å²) in [6.45, 7) is 0.578. The van der Waals surface area contributed by atoms with Gasteiger partial charge in [0.15, 0.2) is 0 Å². The van der Waals surface area contributed by atoms with Crippen molar-refractivity contribution in [3.05, 3.63) is 87.7 Å². The van der Waals surface area contributed by atoms with Crippen molar-refractivity contribution in [1.29, 1.82) is 0 Å². The first-order valence-corrected chi connectivity index (χ1v) is 12.4. The summed E-state index contributed by atoms with van der Waals surface area (Å²) in [6, 6.07) is 20.8. The molecular formula is C28H28N2O3S. The molecule has 0 radical (unpaired) electrons. The fourth-order valence-electron chi connectivity index (χ4n) is 4.67. The number of amides is 1. The molecule has 0 fully saturated rings. The molecule has 1 amide bonds. The number of nitrogens with zero attached hydrogens (tertiary/aromatic N) is 1. The van der Waals surface area contributed by atoms with E-state index in [1.165, 1.54) is 22.4 Å². The van der Waals surface area contributed by atoms with Crippen molar-refractivity contribution < 1.29 is 14.3 Å². The Hall–Kier alpha value is -3.51. The topological polar surface area (TPSA) is 52.5 Å². The average Bonchev–Trinajstić information content (AvgIpc) is 3.53. The van der Waals surface area contributed by atoms with Crippen LogP contribution >= 0.6 is 11.3 Å². The molecule has 0 bridgehead atoms. The van der Waals surface area contributed by atoms with Crippen LogP contribution in [0.15, 0.2) is 66.0 Å². The van der Waals surface area contributed by atoms with Crippen molar-refractivity contribution in [2.24, 2.45) is 0 Å². The first-order valence-electron chi connectivity index (χ1n) is 11.5. The van der Waals surface area contributed by atoms with E-state index in [0.29, 0.717) is 19.4 Å². The van der Waals surface area contributed by atoms with Crippen LogP contribution in [0.5, 0.6) is 11.5 Å². The minimum Gasteiger partial charge on any atom is -0.497 e. The first kappa shape index (κ1) is 22.3. The van der Waals surface area contributed by atoms with Gasteiger partial charge in [-0.1, -0.05) is 30.3 Å². The van der Waals surface area contributed by atoms with Gasteiger partial charge in [-0.15, -0.1) is 11.3 Å².